The van der Waals surface area contributed by atoms with E-state index in [1.165, 1.54) is 0 Å². The molecule has 0 aliphatic rings. The molecule has 1 N–H and O–H groups in total. The lowest BCUT2D eigenvalue weighted by Crippen LogP contribution is -2.27. The predicted octanol–water partition coefficient (Wildman–Crippen LogP) is 5.60. The van der Waals surface area contributed by atoms with E-state index in [1.807, 2.05) is 44.0 Å². The summed E-state index contributed by atoms with van der Waals surface area (Å²) in [5.74, 6) is 1.37. The third-order valence-electron chi connectivity index (χ3n) is 4.64. The Bertz CT molecular complexity index is 1240. The number of benzene rings is 2. The lowest BCUT2D eigenvalue weighted by molar-refractivity contribution is 0.144. The van der Waals surface area contributed by atoms with Gasteiger partial charge in [0.15, 0.2) is 11.6 Å². The molecule has 8 heteroatoms. The van der Waals surface area contributed by atoms with Crippen LogP contribution in [-0.2, 0) is 0 Å². The summed E-state index contributed by atoms with van der Waals surface area (Å²) in [6.07, 6.45) is -1.38. The number of nitrogens with zero attached hydrogens (tertiary/aromatic N) is 3. The van der Waals surface area contributed by atoms with E-state index in [1.54, 1.807) is 24.3 Å². The molecule has 2 heterocycles. The summed E-state index contributed by atoms with van der Waals surface area (Å²) in [6.45, 7) is 4.08. The van der Waals surface area contributed by atoms with Gasteiger partial charge in [-0.25, -0.2) is 14.8 Å². The molecule has 0 aliphatic heterocycles. The van der Waals surface area contributed by atoms with Gasteiger partial charge in [0.2, 0.25) is 0 Å². The predicted molar refractivity (Wildman–Crippen MR) is 112 cm³/mol. The van der Waals surface area contributed by atoms with Gasteiger partial charge in [0.05, 0.1) is 11.0 Å². The molecule has 2 aromatic heterocycles. The highest BCUT2D eigenvalue weighted by molar-refractivity contribution is 6.31. The van der Waals surface area contributed by atoms with E-state index in [0.29, 0.717) is 38.9 Å². The Morgan fingerprint density at radius 3 is 2.66 bits per heavy atom. The molecule has 2 aromatic carbocycles. The smallest absolute Gasteiger partial charge is 0.454 e. The van der Waals surface area contributed by atoms with Gasteiger partial charge < -0.3 is 19.2 Å². The number of ether oxygens (including phenoxy) is 1. The average molecular weight is 412 g/mol. The minimum Gasteiger partial charge on any atom is -0.454 e. The molecule has 4 aromatic rings. The van der Waals surface area contributed by atoms with Crippen LogP contribution in [0.15, 0.2) is 46.9 Å². The first kappa shape index (κ1) is 19.0. The summed E-state index contributed by atoms with van der Waals surface area (Å²) in [4.78, 5) is 22.3. The molecule has 0 radical (unpaired) electrons. The zero-order valence-corrected chi connectivity index (χ0v) is 16.8. The fourth-order valence-corrected chi connectivity index (χ4v) is 3.16. The number of anilines is 1. The molecule has 7 nitrogen and oxygen atoms in total. The fourth-order valence-electron chi connectivity index (χ4n) is 2.98. The van der Waals surface area contributed by atoms with Crippen LogP contribution in [0.25, 0.3) is 33.5 Å². The number of furan rings is 1. The van der Waals surface area contributed by atoms with Gasteiger partial charge >= 0.3 is 6.16 Å². The summed E-state index contributed by atoms with van der Waals surface area (Å²) in [7, 11) is 1.92. The first-order valence-electron chi connectivity index (χ1n) is 8.96. The maximum absolute atomic E-state index is 10.8. The van der Waals surface area contributed by atoms with Crippen molar-refractivity contribution in [2.45, 2.75) is 19.9 Å². The highest BCUT2D eigenvalue weighted by Crippen LogP contribution is 2.35. The highest BCUT2D eigenvalue weighted by Gasteiger charge is 2.20. The van der Waals surface area contributed by atoms with Gasteiger partial charge in [-0.05, 0) is 50.2 Å². The fraction of sp³-hybridized carbons (Fsp3) is 0.190. The Balaban J connectivity index is 1.92. The second-order valence-corrected chi connectivity index (χ2v) is 7.35. The van der Waals surface area contributed by atoms with Crippen LogP contribution >= 0.6 is 11.6 Å². The van der Waals surface area contributed by atoms with E-state index in [-0.39, 0.29) is 11.8 Å². The van der Waals surface area contributed by atoms with Crippen LogP contribution in [0, 0.1) is 0 Å². The minimum absolute atomic E-state index is 0.151. The third kappa shape index (κ3) is 3.69. The first-order chi connectivity index (χ1) is 13.8. The topological polar surface area (TPSA) is 88.7 Å². The number of hydrogen-bond donors (Lipinski definition) is 1. The number of carboxylic acid groups (broad SMARTS) is 1. The van der Waals surface area contributed by atoms with Gasteiger partial charge in [-0.3, -0.25) is 0 Å². The van der Waals surface area contributed by atoms with Crippen molar-refractivity contribution in [1.82, 2.24) is 9.97 Å². The van der Waals surface area contributed by atoms with Crippen molar-refractivity contribution < 1.29 is 19.1 Å². The number of rotatable bonds is 4. The van der Waals surface area contributed by atoms with Gasteiger partial charge in [0.1, 0.15) is 17.0 Å². The number of halogens is 1. The molecule has 0 spiro atoms. The Kier molecular flexibility index (Phi) is 4.76. The lowest BCUT2D eigenvalue weighted by atomic mass is 10.2. The molecule has 148 valence electrons. The highest BCUT2D eigenvalue weighted by atomic mass is 35.5. The standard InChI is InChI=1S/C21H18ClN3O4/c1-11(2)25(3)20-19(18-9-12-8-13(22)4-7-17(12)29-18)23-15-6-5-14(28-21(26)27)10-16(15)24-20/h4-11H,1-3H3,(H,26,27). The Hall–Kier alpha value is -3.32. The van der Waals surface area contributed by atoms with Crippen molar-refractivity contribution in [3.05, 3.63) is 47.5 Å². The van der Waals surface area contributed by atoms with E-state index >= 15 is 0 Å². The van der Waals surface area contributed by atoms with Crippen LogP contribution < -0.4 is 9.64 Å². The minimum atomic E-state index is -1.38. The Morgan fingerprint density at radius 2 is 1.93 bits per heavy atom. The van der Waals surface area contributed by atoms with E-state index in [4.69, 9.17) is 35.8 Å². The van der Waals surface area contributed by atoms with Crippen molar-refractivity contribution in [2.75, 3.05) is 11.9 Å². The van der Waals surface area contributed by atoms with Crippen LogP contribution in [0.4, 0.5) is 10.6 Å². The summed E-state index contributed by atoms with van der Waals surface area (Å²) < 4.78 is 10.8. The van der Waals surface area contributed by atoms with E-state index in [0.717, 1.165) is 5.39 Å². The summed E-state index contributed by atoms with van der Waals surface area (Å²) >= 11 is 6.09. The number of aromatic nitrogens is 2. The van der Waals surface area contributed by atoms with E-state index in [9.17, 15) is 4.79 Å². The molecule has 0 aliphatic carbocycles. The molecule has 0 fully saturated rings. The van der Waals surface area contributed by atoms with Gasteiger partial charge in [0.25, 0.3) is 0 Å². The molecular formula is C21H18ClN3O4. The molecule has 0 amide bonds. The van der Waals surface area contributed by atoms with E-state index < -0.39 is 6.16 Å². The molecule has 0 saturated heterocycles. The van der Waals surface area contributed by atoms with Crippen molar-refractivity contribution in [2.24, 2.45) is 0 Å². The van der Waals surface area contributed by atoms with Crippen LogP contribution in [0.5, 0.6) is 5.75 Å². The lowest BCUT2D eigenvalue weighted by Gasteiger charge is -2.24. The molecule has 4 rings (SSSR count). The SMILES string of the molecule is CC(C)N(C)c1nc2cc(OC(=O)O)ccc2nc1-c1cc2cc(Cl)ccc2o1. The van der Waals surface area contributed by atoms with E-state index in [2.05, 4.69) is 0 Å². The first-order valence-corrected chi connectivity index (χ1v) is 9.34. The number of hydrogen-bond acceptors (Lipinski definition) is 6. The van der Waals surface area contributed by atoms with Crippen molar-refractivity contribution in [3.63, 3.8) is 0 Å². The molecule has 0 atom stereocenters. The maximum atomic E-state index is 10.8. The van der Waals surface area contributed by atoms with Gasteiger partial charge in [-0.15, -0.1) is 0 Å². The third-order valence-corrected chi connectivity index (χ3v) is 4.88. The zero-order valence-electron chi connectivity index (χ0n) is 16.0. The Labute approximate surface area is 171 Å². The second kappa shape index (κ2) is 7.25. The van der Waals surface area contributed by atoms with Gasteiger partial charge in [0, 0.05) is 29.6 Å². The van der Waals surface area contributed by atoms with Crippen molar-refractivity contribution >= 4 is 45.6 Å². The van der Waals surface area contributed by atoms with Crippen LogP contribution in [-0.4, -0.2) is 34.3 Å². The molecular weight excluding hydrogens is 394 g/mol. The quantitative estimate of drug-likeness (QED) is 0.345. The second-order valence-electron chi connectivity index (χ2n) is 6.91. The molecule has 29 heavy (non-hydrogen) atoms. The number of fused-ring (bicyclic) bond motifs is 2. The maximum Gasteiger partial charge on any atom is 0.511 e. The van der Waals surface area contributed by atoms with Gasteiger partial charge in [-0.2, -0.15) is 0 Å². The van der Waals surface area contributed by atoms with Crippen molar-refractivity contribution in [1.29, 1.82) is 0 Å². The summed E-state index contributed by atoms with van der Waals surface area (Å²) in [6, 6.07) is 12.2. The van der Waals surface area contributed by atoms with Crippen molar-refractivity contribution in [3.8, 4) is 17.2 Å². The molecule has 0 unspecified atom stereocenters. The number of carbonyl (C=O) groups is 1. The van der Waals surface area contributed by atoms with Crippen LogP contribution in [0.3, 0.4) is 0 Å². The van der Waals surface area contributed by atoms with Gasteiger partial charge in [-0.1, -0.05) is 11.6 Å². The zero-order chi connectivity index (χ0) is 20.7. The molecule has 0 saturated carbocycles. The largest absolute Gasteiger partial charge is 0.511 e. The summed E-state index contributed by atoms with van der Waals surface area (Å²) in [5, 5.41) is 10.3. The summed E-state index contributed by atoms with van der Waals surface area (Å²) in [5.41, 5.74) is 2.41. The normalized spacial score (nSPS) is 11.3. The molecule has 0 bridgehead atoms. The monoisotopic (exact) mass is 411 g/mol. The van der Waals surface area contributed by atoms with Crippen LogP contribution in [0.2, 0.25) is 5.02 Å². The Morgan fingerprint density at radius 1 is 1.14 bits per heavy atom. The van der Waals surface area contributed by atoms with Crippen LogP contribution in [0.1, 0.15) is 13.8 Å². The average Bonchev–Trinajstić information content (AvgIpc) is 3.08.